The van der Waals surface area contributed by atoms with Crippen molar-refractivity contribution in [1.29, 1.82) is 0 Å². The molecule has 0 saturated carbocycles. The van der Waals surface area contributed by atoms with Gasteiger partial charge in [-0.25, -0.2) is 4.79 Å². The van der Waals surface area contributed by atoms with Gasteiger partial charge in [-0.2, -0.15) is 0 Å². The zero-order valence-electron chi connectivity index (χ0n) is 15.2. The maximum absolute atomic E-state index is 12.4. The van der Waals surface area contributed by atoms with Gasteiger partial charge in [0.05, 0.1) is 13.2 Å². The number of esters is 1. The topological polar surface area (TPSA) is 64.6 Å². The summed E-state index contributed by atoms with van der Waals surface area (Å²) >= 11 is 0. The Morgan fingerprint density at radius 1 is 0.962 bits per heavy atom. The van der Waals surface area contributed by atoms with Gasteiger partial charge in [-0.1, -0.05) is 60.7 Å². The third-order valence-corrected chi connectivity index (χ3v) is 3.88. The van der Waals surface area contributed by atoms with Crippen LogP contribution in [-0.4, -0.2) is 30.6 Å². The van der Waals surface area contributed by atoms with Crippen molar-refractivity contribution >= 4 is 11.9 Å². The van der Waals surface area contributed by atoms with E-state index in [1.54, 1.807) is 13.8 Å². The molecular formula is C21H25NO4. The van der Waals surface area contributed by atoms with E-state index in [1.165, 1.54) is 0 Å². The van der Waals surface area contributed by atoms with Crippen molar-refractivity contribution in [3.8, 4) is 0 Å². The summed E-state index contributed by atoms with van der Waals surface area (Å²) in [6, 6.07) is 18.4. The predicted molar refractivity (Wildman–Crippen MR) is 99.4 cm³/mol. The van der Waals surface area contributed by atoms with Gasteiger partial charge >= 0.3 is 5.97 Å². The predicted octanol–water partition coefficient (Wildman–Crippen LogP) is 2.88. The van der Waals surface area contributed by atoms with E-state index in [1.807, 2.05) is 60.7 Å². The van der Waals surface area contributed by atoms with Crippen LogP contribution >= 0.6 is 0 Å². The molecular weight excluding hydrogens is 330 g/mol. The van der Waals surface area contributed by atoms with Crippen molar-refractivity contribution in [2.75, 3.05) is 6.61 Å². The molecule has 0 radical (unpaired) electrons. The molecule has 2 aromatic rings. The zero-order valence-corrected chi connectivity index (χ0v) is 15.2. The molecule has 0 fully saturated rings. The highest BCUT2D eigenvalue weighted by Crippen LogP contribution is 2.07. The number of carbonyl (C=O) groups excluding carboxylic acids is 2. The molecule has 0 aliphatic rings. The molecule has 0 bridgehead atoms. The van der Waals surface area contributed by atoms with Crippen LogP contribution < -0.4 is 5.32 Å². The Kier molecular flexibility index (Phi) is 7.83. The Labute approximate surface area is 154 Å². The lowest BCUT2D eigenvalue weighted by atomic mass is 10.1. The van der Waals surface area contributed by atoms with Crippen LogP contribution in [0.5, 0.6) is 0 Å². The van der Waals surface area contributed by atoms with Gasteiger partial charge < -0.3 is 14.8 Å². The average molecular weight is 355 g/mol. The first-order valence-corrected chi connectivity index (χ1v) is 8.76. The minimum atomic E-state index is -0.743. The summed E-state index contributed by atoms with van der Waals surface area (Å²) in [7, 11) is 0. The van der Waals surface area contributed by atoms with Crippen LogP contribution in [0.4, 0.5) is 0 Å². The number of benzene rings is 2. The van der Waals surface area contributed by atoms with Crippen molar-refractivity contribution < 1.29 is 19.1 Å². The zero-order chi connectivity index (χ0) is 18.8. The number of ether oxygens (including phenoxy) is 2. The minimum absolute atomic E-state index is 0.264. The molecule has 1 N–H and O–H groups in total. The normalized spacial score (nSPS) is 12.8. The third kappa shape index (κ3) is 6.33. The lowest BCUT2D eigenvalue weighted by molar-refractivity contribution is -0.149. The van der Waals surface area contributed by atoms with Crippen LogP contribution in [0.15, 0.2) is 60.7 Å². The average Bonchev–Trinajstić information content (AvgIpc) is 2.67. The van der Waals surface area contributed by atoms with E-state index in [2.05, 4.69) is 5.32 Å². The molecule has 2 rings (SSSR count). The van der Waals surface area contributed by atoms with Crippen LogP contribution in [0.2, 0.25) is 0 Å². The standard InChI is InChI=1S/C21H25NO4/c1-3-25-21(24)19(14-17-10-6-4-7-11-17)22-20(23)16(2)26-15-18-12-8-5-9-13-18/h4-13,16,19H,3,14-15H2,1-2H3,(H,22,23)/t16-,19-/m0/s1. The largest absolute Gasteiger partial charge is 0.464 e. The second-order valence-electron chi connectivity index (χ2n) is 5.94. The SMILES string of the molecule is CCOC(=O)[C@H](Cc1ccccc1)NC(=O)[C@H](C)OCc1ccccc1. The van der Waals surface area contributed by atoms with Crippen LogP contribution in [0, 0.1) is 0 Å². The van der Waals surface area contributed by atoms with E-state index in [0.29, 0.717) is 13.0 Å². The van der Waals surface area contributed by atoms with E-state index in [9.17, 15) is 9.59 Å². The minimum Gasteiger partial charge on any atom is -0.464 e. The maximum Gasteiger partial charge on any atom is 0.328 e. The highest BCUT2D eigenvalue weighted by molar-refractivity contribution is 5.87. The molecule has 0 saturated heterocycles. The van der Waals surface area contributed by atoms with Crippen molar-refractivity contribution in [1.82, 2.24) is 5.32 Å². The molecule has 5 heteroatoms. The molecule has 0 heterocycles. The summed E-state index contributed by atoms with van der Waals surface area (Å²) in [5, 5.41) is 2.75. The lowest BCUT2D eigenvalue weighted by Crippen LogP contribution is -2.47. The van der Waals surface area contributed by atoms with Gasteiger partial charge in [-0.3, -0.25) is 4.79 Å². The lowest BCUT2D eigenvalue weighted by Gasteiger charge is -2.20. The second-order valence-corrected chi connectivity index (χ2v) is 5.94. The smallest absolute Gasteiger partial charge is 0.328 e. The van der Waals surface area contributed by atoms with Crippen molar-refractivity contribution in [2.45, 2.75) is 39.0 Å². The first kappa shape index (κ1) is 19.7. The summed E-state index contributed by atoms with van der Waals surface area (Å²) in [6.45, 7) is 4.01. The first-order valence-electron chi connectivity index (χ1n) is 8.76. The van der Waals surface area contributed by atoms with Gasteiger partial charge in [0.2, 0.25) is 5.91 Å². The van der Waals surface area contributed by atoms with Crippen LogP contribution in [-0.2, 0) is 32.1 Å². The number of nitrogens with one attached hydrogen (secondary N) is 1. The third-order valence-electron chi connectivity index (χ3n) is 3.88. The van der Waals surface area contributed by atoms with Gasteiger partial charge in [0.1, 0.15) is 12.1 Å². The Hall–Kier alpha value is -2.66. The molecule has 2 atom stereocenters. The summed E-state index contributed by atoms with van der Waals surface area (Å²) in [5.41, 5.74) is 1.93. The van der Waals surface area contributed by atoms with E-state index in [-0.39, 0.29) is 12.5 Å². The van der Waals surface area contributed by atoms with E-state index >= 15 is 0 Å². The number of amides is 1. The van der Waals surface area contributed by atoms with Gasteiger partial charge in [0.25, 0.3) is 0 Å². The summed E-state index contributed by atoms with van der Waals surface area (Å²) < 4.78 is 10.7. The van der Waals surface area contributed by atoms with Crippen molar-refractivity contribution in [2.24, 2.45) is 0 Å². The van der Waals surface area contributed by atoms with Crippen molar-refractivity contribution in [3.05, 3.63) is 71.8 Å². The molecule has 0 unspecified atom stereocenters. The van der Waals surface area contributed by atoms with E-state index in [4.69, 9.17) is 9.47 Å². The molecule has 5 nitrogen and oxygen atoms in total. The van der Waals surface area contributed by atoms with Gasteiger partial charge in [-0.15, -0.1) is 0 Å². The molecule has 0 aliphatic heterocycles. The Morgan fingerprint density at radius 2 is 1.54 bits per heavy atom. The number of hydrogen-bond donors (Lipinski definition) is 1. The quantitative estimate of drug-likeness (QED) is 0.703. The number of carbonyl (C=O) groups is 2. The molecule has 0 spiro atoms. The van der Waals surface area contributed by atoms with Crippen molar-refractivity contribution in [3.63, 3.8) is 0 Å². The summed E-state index contributed by atoms with van der Waals surface area (Å²) in [4.78, 5) is 24.6. The van der Waals surface area contributed by atoms with Crippen LogP contribution in [0.25, 0.3) is 0 Å². The number of rotatable bonds is 9. The molecule has 2 aromatic carbocycles. The van der Waals surface area contributed by atoms with Gasteiger partial charge in [-0.05, 0) is 25.0 Å². The Bertz CT molecular complexity index is 688. The van der Waals surface area contributed by atoms with Gasteiger partial charge in [0.15, 0.2) is 0 Å². The maximum atomic E-state index is 12.4. The number of hydrogen-bond acceptors (Lipinski definition) is 4. The second kappa shape index (κ2) is 10.4. The molecule has 138 valence electrons. The van der Waals surface area contributed by atoms with Crippen LogP contribution in [0.1, 0.15) is 25.0 Å². The Morgan fingerprint density at radius 3 is 2.12 bits per heavy atom. The summed E-state index contributed by atoms with van der Waals surface area (Å²) in [6.07, 6.45) is -0.306. The summed E-state index contributed by atoms with van der Waals surface area (Å²) in [5.74, 6) is -0.783. The Balaban J connectivity index is 1.94. The molecule has 26 heavy (non-hydrogen) atoms. The monoisotopic (exact) mass is 355 g/mol. The molecule has 0 aliphatic carbocycles. The fourth-order valence-corrected chi connectivity index (χ4v) is 2.45. The van der Waals surface area contributed by atoms with Gasteiger partial charge in [0, 0.05) is 6.42 Å². The fourth-order valence-electron chi connectivity index (χ4n) is 2.45. The van der Waals surface area contributed by atoms with E-state index in [0.717, 1.165) is 11.1 Å². The fraction of sp³-hybridized carbons (Fsp3) is 0.333. The first-order chi connectivity index (χ1) is 12.6. The van der Waals surface area contributed by atoms with E-state index < -0.39 is 18.1 Å². The molecule has 1 amide bonds. The highest BCUT2D eigenvalue weighted by atomic mass is 16.5. The van der Waals surface area contributed by atoms with Crippen LogP contribution in [0.3, 0.4) is 0 Å². The molecule has 0 aromatic heterocycles. The highest BCUT2D eigenvalue weighted by Gasteiger charge is 2.25.